The Morgan fingerprint density at radius 1 is 1.24 bits per heavy atom. The lowest BCUT2D eigenvalue weighted by molar-refractivity contribution is 0.627. The summed E-state index contributed by atoms with van der Waals surface area (Å²) in [4.78, 5) is 0. The van der Waals surface area contributed by atoms with E-state index in [1.54, 1.807) is 6.07 Å². The number of hydrogen-bond donors (Lipinski definition) is 2. The molecule has 0 aliphatic rings. The lowest BCUT2D eigenvalue weighted by atomic mass is 10.1. The molecule has 21 heavy (non-hydrogen) atoms. The Balaban J connectivity index is 2.01. The van der Waals surface area contributed by atoms with Gasteiger partial charge >= 0.3 is 0 Å². The molecule has 5 heteroatoms. The number of anilines is 1. The second-order valence-electron chi connectivity index (χ2n) is 4.60. The fraction of sp³-hybridized carbons (Fsp3) is 0.188. The van der Waals surface area contributed by atoms with Gasteiger partial charge in [0.1, 0.15) is 5.82 Å². The molecule has 0 unspecified atom stereocenters. The van der Waals surface area contributed by atoms with Gasteiger partial charge in [0.05, 0.1) is 11.1 Å². The van der Waals surface area contributed by atoms with Crippen molar-refractivity contribution in [3.05, 3.63) is 64.9 Å². The highest BCUT2D eigenvalue weighted by atomic mass is 35.5. The molecule has 0 heterocycles. The molecular formula is C16H16ClFN2S. The minimum absolute atomic E-state index is 0.0675. The van der Waals surface area contributed by atoms with Gasteiger partial charge in [0, 0.05) is 5.69 Å². The highest BCUT2D eigenvalue weighted by molar-refractivity contribution is 7.80. The molecule has 0 aromatic heterocycles. The van der Waals surface area contributed by atoms with Gasteiger partial charge in [-0.3, -0.25) is 0 Å². The van der Waals surface area contributed by atoms with Crippen LogP contribution in [-0.2, 0) is 0 Å². The topological polar surface area (TPSA) is 24.1 Å². The molecule has 2 nitrogen and oxygen atoms in total. The van der Waals surface area contributed by atoms with Crippen molar-refractivity contribution < 1.29 is 4.39 Å². The standard InChI is InChI=1S/C16H16ClFN2S/c1-2-15(11-6-4-3-5-7-11)20-16(21)19-12-8-9-14(18)13(17)10-12/h3-10,15H,2H2,1H3,(H2,19,20,21)/t15-/m0/s1. The molecule has 1 atom stereocenters. The van der Waals surface area contributed by atoms with Crippen molar-refractivity contribution in [1.29, 1.82) is 0 Å². The number of benzene rings is 2. The fourth-order valence-electron chi connectivity index (χ4n) is 2.01. The third kappa shape index (κ3) is 4.41. The van der Waals surface area contributed by atoms with Crippen molar-refractivity contribution in [1.82, 2.24) is 5.32 Å². The zero-order valence-electron chi connectivity index (χ0n) is 11.6. The van der Waals surface area contributed by atoms with E-state index in [2.05, 4.69) is 29.7 Å². The summed E-state index contributed by atoms with van der Waals surface area (Å²) in [5.74, 6) is -0.447. The van der Waals surface area contributed by atoms with E-state index in [4.69, 9.17) is 23.8 Å². The van der Waals surface area contributed by atoms with Gasteiger partial charge in [-0.1, -0.05) is 48.9 Å². The molecule has 0 amide bonds. The van der Waals surface area contributed by atoms with Crippen LogP contribution in [0.2, 0.25) is 5.02 Å². The lowest BCUT2D eigenvalue weighted by Gasteiger charge is -2.20. The first-order valence-electron chi connectivity index (χ1n) is 6.67. The van der Waals surface area contributed by atoms with Crippen LogP contribution in [0, 0.1) is 5.82 Å². The first-order valence-corrected chi connectivity index (χ1v) is 7.46. The summed E-state index contributed by atoms with van der Waals surface area (Å²) in [6, 6.07) is 14.6. The van der Waals surface area contributed by atoms with Gasteiger partial charge in [-0.25, -0.2) is 4.39 Å². The smallest absolute Gasteiger partial charge is 0.171 e. The molecule has 0 radical (unpaired) electrons. The Hall–Kier alpha value is -1.65. The van der Waals surface area contributed by atoms with E-state index in [0.717, 1.165) is 6.42 Å². The van der Waals surface area contributed by atoms with Crippen LogP contribution in [0.1, 0.15) is 24.9 Å². The summed E-state index contributed by atoms with van der Waals surface area (Å²) in [6.45, 7) is 2.09. The van der Waals surface area contributed by atoms with Crippen LogP contribution in [0.3, 0.4) is 0 Å². The quantitative estimate of drug-likeness (QED) is 0.781. The maximum Gasteiger partial charge on any atom is 0.171 e. The zero-order chi connectivity index (χ0) is 15.2. The maximum atomic E-state index is 13.1. The molecule has 0 aliphatic carbocycles. The van der Waals surface area contributed by atoms with Crippen LogP contribution < -0.4 is 10.6 Å². The summed E-state index contributed by atoms with van der Waals surface area (Å²) in [5.41, 5.74) is 1.82. The van der Waals surface area contributed by atoms with E-state index in [1.165, 1.54) is 17.7 Å². The SMILES string of the molecule is CC[C@H](NC(=S)Nc1ccc(F)c(Cl)c1)c1ccccc1. The van der Waals surface area contributed by atoms with E-state index < -0.39 is 5.82 Å². The molecule has 110 valence electrons. The minimum atomic E-state index is -0.447. The molecule has 0 spiro atoms. The molecule has 0 fully saturated rings. The van der Waals surface area contributed by atoms with Gasteiger partial charge in [0.25, 0.3) is 0 Å². The molecule has 0 bridgehead atoms. The number of thiocarbonyl (C=S) groups is 1. The predicted octanol–water partition coefficient (Wildman–Crippen LogP) is 4.92. The summed E-state index contributed by atoms with van der Waals surface area (Å²) in [6.07, 6.45) is 0.899. The van der Waals surface area contributed by atoms with Crippen molar-refractivity contribution in [3.8, 4) is 0 Å². The Morgan fingerprint density at radius 3 is 2.57 bits per heavy atom. The van der Waals surface area contributed by atoms with Crippen LogP contribution in [-0.4, -0.2) is 5.11 Å². The second kappa shape index (κ2) is 7.38. The Morgan fingerprint density at radius 2 is 1.95 bits per heavy atom. The van der Waals surface area contributed by atoms with Crippen molar-refractivity contribution in [2.75, 3.05) is 5.32 Å². The van der Waals surface area contributed by atoms with Gasteiger partial charge in [-0.15, -0.1) is 0 Å². The summed E-state index contributed by atoms with van der Waals surface area (Å²) < 4.78 is 13.1. The second-order valence-corrected chi connectivity index (χ2v) is 5.41. The highest BCUT2D eigenvalue weighted by Gasteiger charge is 2.10. The molecule has 2 aromatic rings. The molecule has 2 rings (SSSR count). The summed E-state index contributed by atoms with van der Waals surface area (Å²) >= 11 is 11.0. The molecule has 0 saturated carbocycles. The van der Waals surface area contributed by atoms with Crippen LogP contribution in [0.15, 0.2) is 48.5 Å². The molecule has 2 aromatic carbocycles. The van der Waals surface area contributed by atoms with E-state index in [1.807, 2.05) is 18.2 Å². The largest absolute Gasteiger partial charge is 0.356 e. The maximum absolute atomic E-state index is 13.1. The summed E-state index contributed by atoms with van der Waals surface area (Å²) in [5, 5.41) is 6.81. The van der Waals surface area contributed by atoms with Crippen LogP contribution >= 0.6 is 23.8 Å². The van der Waals surface area contributed by atoms with Crippen molar-refractivity contribution >= 4 is 34.6 Å². The average molecular weight is 323 g/mol. The van der Waals surface area contributed by atoms with E-state index in [-0.39, 0.29) is 11.1 Å². The first kappa shape index (κ1) is 15.7. The molecule has 0 saturated heterocycles. The van der Waals surface area contributed by atoms with Gasteiger partial charge < -0.3 is 10.6 Å². The number of hydrogen-bond acceptors (Lipinski definition) is 1. The van der Waals surface area contributed by atoms with E-state index >= 15 is 0 Å². The number of nitrogens with one attached hydrogen (secondary N) is 2. The first-order chi connectivity index (χ1) is 10.1. The molecule has 0 aliphatic heterocycles. The zero-order valence-corrected chi connectivity index (χ0v) is 13.1. The van der Waals surface area contributed by atoms with Gasteiger partial charge in [0.2, 0.25) is 0 Å². The lowest BCUT2D eigenvalue weighted by Crippen LogP contribution is -2.32. The Labute approximate surface area is 134 Å². The fourth-order valence-corrected chi connectivity index (χ4v) is 2.45. The average Bonchev–Trinajstić information content (AvgIpc) is 2.49. The molecular weight excluding hydrogens is 307 g/mol. The van der Waals surface area contributed by atoms with Crippen molar-refractivity contribution in [2.45, 2.75) is 19.4 Å². The van der Waals surface area contributed by atoms with Gasteiger partial charge in [0.15, 0.2) is 5.11 Å². The Kier molecular flexibility index (Phi) is 5.53. The van der Waals surface area contributed by atoms with Gasteiger partial charge in [-0.2, -0.15) is 0 Å². The monoisotopic (exact) mass is 322 g/mol. The van der Waals surface area contributed by atoms with Gasteiger partial charge in [-0.05, 0) is 42.4 Å². The van der Waals surface area contributed by atoms with Crippen molar-refractivity contribution in [2.24, 2.45) is 0 Å². The van der Waals surface area contributed by atoms with E-state index in [0.29, 0.717) is 10.8 Å². The molecule has 2 N–H and O–H groups in total. The Bertz CT molecular complexity index is 619. The summed E-state index contributed by atoms with van der Waals surface area (Å²) in [7, 11) is 0. The third-order valence-corrected chi connectivity index (χ3v) is 3.60. The van der Waals surface area contributed by atoms with Crippen LogP contribution in [0.5, 0.6) is 0 Å². The third-order valence-electron chi connectivity index (χ3n) is 3.09. The van der Waals surface area contributed by atoms with Crippen molar-refractivity contribution in [3.63, 3.8) is 0 Å². The minimum Gasteiger partial charge on any atom is -0.356 e. The highest BCUT2D eigenvalue weighted by Crippen LogP contribution is 2.20. The van der Waals surface area contributed by atoms with Crippen LogP contribution in [0.4, 0.5) is 10.1 Å². The number of rotatable bonds is 4. The number of halogens is 2. The van der Waals surface area contributed by atoms with Crippen LogP contribution in [0.25, 0.3) is 0 Å². The predicted molar refractivity (Wildman–Crippen MR) is 90.2 cm³/mol. The van der Waals surface area contributed by atoms with E-state index in [9.17, 15) is 4.39 Å². The normalized spacial score (nSPS) is 11.8.